The highest BCUT2D eigenvalue weighted by molar-refractivity contribution is 6.32. The Balaban J connectivity index is 2.28. The number of rotatable bonds is 8. The number of benzene rings is 1. The monoisotopic (exact) mass is 409 g/mol. The van der Waals surface area contributed by atoms with Crippen LogP contribution in [0.5, 0.6) is 0 Å². The molecule has 2 aromatic rings. The third-order valence-corrected chi connectivity index (χ3v) is 4.25. The number of aromatic nitrogens is 1. The summed E-state index contributed by atoms with van der Waals surface area (Å²) in [4.78, 5) is 40.4. The minimum atomic E-state index is -0.650. The highest BCUT2D eigenvalue weighted by atomic mass is 35.5. The van der Waals surface area contributed by atoms with Gasteiger partial charge in [-0.1, -0.05) is 25.4 Å². The second kappa shape index (κ2) is 9.32. The number of halogens is 1. The van der Waals surface area contributed by atoms with Crippen LogP contribution in [0.15, 0.2) is 28.9 Å². The van der Waals surface area contributed by atoms with Crippen LogP contribution in [0.2, 0.25) is 5.02 Å². The molecule has 1 aromatic carbocycles. The molecule has 10 heteroatoms. The molecule has 2 rings (SSSR count). The second-order valence-corrected chi connectivity index (χ2v) is 6.86. The van der Waals surface area contributed by atoms with Gasteiger partial charge in [-0.25, -0.2) is 9.78 Å². The van der Waals surface area contributed by atoms with E-state index >= 15 is 0 Å². The third-order valence-electron chi connectivity index (χ3n) is 3.93. The van der Waals surface area contributed by atoms with Gasteiger partial charge in [0.15, 0.2) is 5.69 Å². The summed E-state index contributed by atoms with van der Waals surface area (Å²) in [5, 5.41) is 11.0. The Bertz CT molecular complexity index is 880. The van der Waals surface area contributed by atoms with Crippen LogP contribution in [0.3, 0.4) is 0 Å². The van der Waals surface area contributed by atoms with Crippen molar-refractivity contribution in [3.05, 3.63) is 56.7 Å². The fourth-order valence-corrected chi connectivity index (χ4v) is 2.57. The van der Waals surface area contributed by atoms with Crippen molar-refractivity contribution in [1.82, 2.24) is 9.88 Å². The summed E-state index contributed by atoms with van der Waals surface area (Å²) in [7, 11) is 1.22. The zero-order valence-corrected chi connectivity index (χ0v) is 16.4. The van der Waals surface area contributed by atoms with E-state index in [9.17, 15) is 19.7 Å². The van der Waals surface area contributed by atoms with Gasteiger partial charge in [0.1, 0.15) is 11.3 Å². The van der Waals surface area contributed by atoms with Gasteiger partial charge in [-0.2, -0.15) is 0 Å². The topological polar surface area (TPSA) is 116 Å². The molecule has 0 saturated heterocycles. The molecular weight excluding hydrogens is 390 g/mol. The third kappa shape index (κ3) is 5.29. The number of nitrogens with zero attached hydrogens (tertiary/aromatic N) is 3. The van der Waals surface area contributed by atoms with E-state index < -0.39 is 16.8 Å². The van der Waals surface area contributed by atoms with Gasteiger partial charge in [0, 0.05) is 18.2 Å². The van der Waals surface area contributed by atoms with Crippen LogP contribution in [-0.4, -0.2) is 40.3 Å². The van der Waals surface area contributed by atoms with E-state index in [0.717, 1.165) is 12.3 Å². The second-order valence-electron chi connectivity index (χ2n) is 6.45. The lowest BCUT2D eigenvalue weighted by atomic mass is 10.1. The molecule has 0 atom stereocenters. The highest BCUT2D eigenvalue weighted by Gasteiger charge is 2.23. The van der Waals surface area contributed by atoms with Crippen LogP contribution in [0.4, 0.5) is 5.69 Å². The molecule has 0 fully saturated rings. The van der Waals surface area contributed by atoms with Crippen LogP contribution in [-0.2, 0) is 11.3 Å². The molecule has 1 heterocycles. The van der Waals surface area contributed by atoms with E-state index in [-0.39, 0.29) is 34.4 Å². The number of carbonyl (C=O) groups is 2. The number of hydrogen-bond acceptors (Lipinski definition) is 7. The molecule has 1 aromatic heterocycles. The summed E-state index contributed by atoms with van der Waals surface area (Å²) in [6.07, 6.45) is 1.85. The maximum absolute atomic E-state index is 12.9. The lowest BCUT2D eigenvalue weighted by Crippen LogP contribution is -2.32. The first-order chi connectivity index (χ1) is 13.2. The molecule has 0 aliphatic carbocycles. The molecule has 28 heavy (non-hydrogen) atoms. The fourth-order valence-electron chi connectivity index (χ4n) is 2.38. The SMILES string of the molecule is COC(=O)c1coc(CN(CCC(C)C)C(=O)c2ccc(Cl)c([N+](=O)[O-])c2)n1. The molecule has 0 bridgehead atoms. The van der Waals surface area contributed by atoms with Gasteiger partial charge >= 0.3 is 5.97 Å². The highest BCUT2D eigenvalue weighted by Crippen LogP contribution is 2.26. The molecular formula is C18H20ClN3O6. The number of ether oxygens (including phenoxy) is 1. The van der Waals surface area contributed by atoms with Gasteiger partial charge in [-0.3, -0.25) is 14.9 Å². The Morgan fingerprint density at radius 3 is 2.71 bits per heavy atom. The molecule has 1 amide bonds. The van der Waals surface area contributed by atoms with Gasteiger partial charge in [0.25, 0.3) is 11.6 Å². The predicted octanol–water partition coefficient (Wildman–Crippen LogP) is 3.71. The van der Waals surface area contributed by atoms with E-state index in [1.54, 1.807) is 0 Å². The Morgan fingerprint density at radius 1 is 1.39 bits per heavy atom. The number of amides is 1. The van der Waals surface area contributed by atoms with Crippen molar-refractivity contribution in [3.8, 4) is 0 Å². The normalized spacial score (nSPS) is 10.8. The van der Waals surface area contributed by atoms with E-state index in [4.69, 9.17) is 16.0 Å². The molecule has 0 radical (unpaired) electrons. The van der Waals surface area contributed by atoms with E-state index in [0.29, 0.717) is 18.9 Å². The van der Waals surface area contributed by atoms with E-state index in [2.05, 4.69) is 9.72 Å². The molecule has 150 valence electrons. The Kier molecular flexibility index (Phi) is 7.11. The number of hydrogen-bond donors (Lipinski definition) is 0. The van der Waals surface area contributed by atoms with Crippen LogP contribution < -0.4 is 0 Å². The first-order valence-corrected chi connectivity index (χ1v) is 8.86. The molecule has 0 N–H and O–H groups in total. The average molecular weight is 410 g/mol. The Morgan fingerprint density at radius 2 is 2.11 bits per heavy atom. The number of nitro benzene ring substituents is 1. The summed E-state index contributed by atoms with van der Waals surface area (Å²) in [5.41, 5.74) is -0.226. The standard InChI is InChI=1S/C18H20ClN3O6/c1-11(2)6-7-21(9-16-20-14(10-28-16)18(24)27-3)17(23)12-4-5-13(19)15(8-12)22(25)26/h4-5,8,10-11H,6-7,9H2,1-3H3. The number of esters is 1. The van der Waals surface area contributed by atoms with Crippen LogP contribution in [0.1, 0.15) is 47.0 Å². The molecule has 0 aliphatic rings. The lowest BCUT2D eigenvalue weighted by molar-refractivity contribution is -0.384. The Labute approximate surface area is 166 Å². The van der Waals surface area contributed by atoms with Crippen molar-refractivity contribution in [2.24, 2.45) is 5.92 Å². The van der Waals surface area contributed by atoms with Gasteiger partial charge in [0.05, 0.1) is 18.6 Å². The summed E-state index contributed by atoms with van der Waals surface area (Å²) in [5.74, 6) is -0.604. The maximum atomic E-state index is 12.9. The van der Waals surface area contributed by atoms with Crippen molar-refractivity contribution >= 4 is 29.2 Å². The quantitative estimate of drug-likeness (QED) is 0.370. The molecule has 0 saturated carbocycles. The van der Waals surface area contributed by atoms with Gasteiger partial charge in [-0.15, -0.1) is 0 Å². The van der Waals surface area contributed by atoms with Gasteiger partial charge in [0.2, 0.25) is 5.89 Å². The molecule has 0 unspecified atom stereocenters. The first kappa shape index (κ1) is 21.4. The summed E-state index contributed by atoms with van der Waals surface area (Å²) >= 11 is 5.82. The average Bonchev–Trinajstić information content (AvgIpc) is 3.12. The summed E-state index contributed by atoms with van der Waals surface area (Å²) in [6, 6.07) is 3.88. The molecule has 9 nitrogen and oxygen atoms in total. The van der Waals surface area contributed by atoms with Crippen molar-refractivity contribution in [1.29, 1.82) is 0 Å². The van der Waals surface area contributed by atoms with E-state index in [1.165, 1.54) is 24.1 Å². The molecule has 0 aliphatic heterocycles. The number of methoxy groups -OCH3 is 1. The first-order valence-electron chi connectivity index (χ1n) is 8.48. The summed E-state index contributed by atoms with van der Waals surface area (Å²) in [6.45, 7) is 4.40. The van der Waals surface area contributed by atoms with E-state index in [1.807, 2.05) is 13.8 Å². The van der Waals surface area contributed by atoms with Crippen LogP contribution in [0, 0.1) is 16.0 Å². The number of carbonyl (C=O) groups excluding carboxylic acids is 2. The molecule has 0 spiro atoms. The minimum Gasteiger partial charge on any atom is -0.464 e. The minimum absolute atomic E-state index is 0.00102. The van der Waals surface area contributed by atoms with Gasteiger partial charge < -0.3 is 14.1 Å². The fraction of sp³-hybridized carbons (Fsp3) is 0.389. The van der Waals surface area contributed by atoms with Crippen molar-refractivity contribution in [2.45, 2.75) is 26.8 Å². The number of oxazole rings is 1. The summed E-state index contributed by atoms with van der Waals surface area (Å²) < 4.78 is 9.84. The zero-order chi connectivity index (χ0) is 20.8. The van der Waals surface area contributed by atoms with Crippen molar-refractivity contribution in [2.75, 3.05) is 13.7 Å². The van der Waals surface area contributed by atoms with Crippen LogP contribution >= 0.6 is 11.6 Å². The maximum Gasteiger partial charge on any atom is 0.360 e. The lowest BCUT2D eigenvalue weighted by Gasteiger charge is -2.22. The van der Waals surface area contributed by atoms with Gasteiger partial charge in [-0.05, 0) is 24.5 Å². The zero-order valence-electron chi connectivity index (χ0n) is 15.7. The van der Waals surface area contributed by atoms with Crippen molar-refractivity contribution < 1.29 is 23.7 Å². The largest absolute Gasteiger partial charge is 0.464 e. The number of nitro groups is 1. The Hall–Kier alpha value is -2.94. The predicted molar refractivity (Wildman–Crippen MR) is 100 cm³/mol. The van der Waals surface area contributed by atoms with Crippen LogP contribution in [0.25, 0.3) is 0 Å². The van der Waals surface area contributed by atoms with Crippen molar-refractivity contribution in [3.63, 3.8) is 0 Å². The smallest absolute Gasteiger partial charge is 0.360 e.